The van der Waals surface area contributed by atoms with Crippen molar-refractivity contribution in [2.45, 2.75) is 38.6 Å². The summed E-state index contributed by atoms with van der Waals surface area (Å²) in [4.78, 5) is 17.9. The lowest BCUT2D eigenvalue weighted by Crippen LogP contribution is -2.39. The molecule has 1 fully saturated rings. The quantitative estimate of drug-likeness (QED) is 0.896. The largest absolute Gasteiger partial charge is 0.383 e. The second kappa shape index (κ2) is 5.33. The third-order valence-electron chi connectivity index (χ3n) is 3.48. The highest BCUT2D eigenvalue weighted by Crippen LogP contribution is 2.25. The molecule has 2 rings (SSSR count). The molecule has 0 aromatic carbocycles. The average Bonchev–Trinajstić information content (AvgIpc) is 2.87. The van der Waals surface area contributed by atoms with Crippen LogP contribution >= 0.6 is 0 Å². The van der Waals surface area contributed by atoms with Crippen LogP contribution in [-0.2, 0) is 0 Å². The first-order valence-electron chi connectivity index (χ1n) is 6.35. The number of pyridine rings is 1. The highest BCUT2D eigenvalue weighted by Gasteiger charge is 2.27. The molecular weight excluding hydrogens is 233 g/mol. The maximum absolute atomic E-state index is 13.2. The van der Waals surface area contributed by atoms with E-state index in [2.05, 4.69) is 4.98 Å². The Kier molecular flexibility index (Phi) is 3.79. The van der Waals surface area contributed by atoms with Crippen LogP contribution in [-0.4, -0.2) is 28.4 Å². The zero-order chi connectivity index (χ0) is 13.1. The summed E-state index contributed by atoms with van der Waals surface area (Å²) in [5, 5.41) is 0. The first-order valence-corrected chi connectivity index (χ1v) is 6.35. The van der Waals surface area contributed by atoms with Crippen molar-refractivity contribution in [3.63, 3.8) is 0 Å². The molecule has 1 saturated carbocycles. The number of carbonyl (C=O) groups is 1. The molecule has 1 aromatic rings. The second-order valence-electron chi connectivity index (χ2n) is 4.62. The lowest BCUT2D eigenvalue weighted by Gasteiger charge is -2.28. The Bertz CT molecular complexity index is 444. The van der Waals surface area contributed by atoms with Crippen molar-refractivity contribution in [3.8, 4) is 0 Å². The molecule has 0 atom stereocenters. The van der Waals surface area contributed by atoms with Gasteiger partial charge in [-0.05, 0) is 25.8 Å². The fourth-order valence-corrected chi connectivity index (χ4v) is 2.56. The number of amides is 1. The predicted octanol–water partition coefficient (Wildman–Crippen LogP) is 2.21. The summed E-state index contributed by atoms with van der Waals surface area (Å²) in [7, 11) is 0. The topological polar surface area (TPSA) is 59.2 Å². The zero-order valence-corrected chi connectivity index (χ0v) is 10.5. The molecule has 18 heavy (non-hydrogen) atoms. The van der Waals surface area contributed by atoms with Crippen molar-refractivity contribution in [1.29, 1.82) is 0 Å². The van der Waals surface area contributed by atoms with Gasteiger partial charge >= 0.3 is 0 Å². The first-order chi connectivity index (χ1) is 8.63. The Morgan fingerprint density at radius 2 is 2.22 bits per heavy atom. The smallest absolute Gasteiger partial charge is 0.257 e. The fourth-order valence-electron chi connectivity index (χ4n) is 2.56. The summed E-state index contributed by atoms with van der Waals surface area (Å²) in [6.45, 7) is 2.54. The SMILES string of the molecule is CCN(C(=O)c1cc(F)cnc1N)C1CCCC1. The number of nitrogens with zero attached hydrogens (tertiary/aromatic N) is 2. The third kappa shape index (κ3) is 2.44. The van der Waals surface area contributed by atoms with E-state index in [1.54, 1.807) is 4.90 Å². The summed E-state index contributed by atoms with van der Waals surface area (Å²) < 4.78 is 13.2. The summed E-state index contributed by atoms with van der Waals surface area (Å²) in [5.74, 6) is -0.651. The van der Waals surface area contributed by atoms with E-state index in [0.717, 1.165) is 31.9 Å². The Hall–Kier alpha value is -1.65. The number of nitrogen functional groups attached to an aromatic ring is 1. The molecule has 5 heteroatoms. The molecule has 1 aliphatic carbocycles. The fraction of sp³-hybridized carbons (Fsp3) is 0.538. The molecule has 0 saturated heterocycles. The van der Waals surface area contributed by atoms with E-state index in [1.165, 1.54) is 6.07 Å². The highest BCUT2D eigenvalue weighted by atomic mass is 19.1. The Labute approximate surface area is 106 Å². The van der Waals surface area contributed by atoms with Crippen LogP contribution in [0.15, 0.2) is 12.3 Å². The highest BCUT2D eigenvalue weighted by molar-refractivity contribution is 5.98. The number of halogens is 1. The molecule has 98 valence electrons. The van der Waals surface area contributed by atoms with Crippen molar-refractivity contribution in [2.24, 2.45) is 0 Å². The maximum Gasteiger partial charge on any atom is 0.257 e. The van der Waals surface area contributed by atoms with E-state index in [0.29, 0.717) is 6.54 Å². The van der Waals surface area contributed by atoms with Gasteiger partial charge in [-0.25, -0.2) is 9.37 Å². The predicted molar refractivity (Wildman–Crippen MR) is 67.6 cm³/mol. The lowest BCUT2D eigenvalue weighted by molar-refractivity contribution is 0.0694. The number of carbonyl (C=O) groups excluding carboxylic acids is 1. The maximum atomic E-state index is 13.2. The van der Waals surface area contributed by atoms with Crippen LogP contribution in [0.1, 0.15) is 43.0 Å². The molecule has 0 spiro atoms. The van der Waals surface area contributed by atoms with Crippen LogP contribution in [0.3, 0.4) is 0 Å². The normalized spacial score (nSPS) is 15.9. The lowest BCUT2D eigenvalue weighted by atomic mass is 10.1. The van der Waals surface area contributed by atoms with E-state index >= 15 is 0 Å². The van der Waals surface area contributed by atoms with Gasteiger partial charge in [0.25, 0.3) is 5.91 Å². The summed E-state index contributed by atoms with van der Waals surface area (Å²) >= 11 is 0. The Morgan fingerprint density at radius 1 is 1.56 bits per heavy atom. The van der Waals surface area contributed by atoms with Crippen LogP contribution in [0, 0.1) is 5.82 Å². The third-order valence-corrected chi connectivity index (χ3v) is 3.48. The molecule has 2 N–H and O–H groups in total. The molecule has 0 radical (unpaired) electrons. The molecular formula is C13H18FN3O. The van der Waals surface area contributed by atoms with Crippen LogP contribution in [0.5, 0.6) is 0 Å². The van der Waals surface area contributed by atoms with Gasteiger partial charge in [-0.2, -0.15) is 0 Å². The van der Waals surface area contributed by atoms with Crippen molar-refractivity contribution < 1.29 is 9.18 Å². The Balaban J connectivity index is 2.25. The van der Waals surface area contributed by atoms with E-state index in [-0.39, 0.29) is 23.3 Å². The van der Waals surface area contributed by atoms with Gasteiger partial charge < -0.3 is 10.6 Å². The molecule has 1 amide bonds. The second-order valence-corrected chi connectivity index (χ2v) is 4.62. The van der Waals surface area contributed by atoms with Crippen LogP contribution in [0.25, 0.3) is 0 Å². The summed E-state index contributed by atoms with van der Waals surface area (Å²) in [6.07, 6.45) is 5.35. The molecule has 0 aliphatic heterocycles. The minimum atomic E-state index is -0.532. The summed E-state index contributed by atoms with van der Waals surface area (Å²) in [6, 6.07) is 1.42. The first kappa shape index (κ1) is 12.8. The average molecular weight is 251 g/mol. The van der Waals surface area contributed by atoms with Gasteiger partial charge in [0.1, 0.15) is 11.6 Å². The van der Waals surface area contributed by atoms with Gasteiger partial charge in [-0.3, -0.25) is 4.79 Å². The number of hydrogen-bond donors (Lipinski definition) is 1. The van der Waals surface area contributed by atoms with Crippen molar-refractivity contribution in [3.05, 3.63) is 23.6 Å². The number of aromatic nitrogens is 1. The van der Waals surface area contributed by atoms with Gasteiger partial charge in [0.15, 0.2) is 0 Å². The van der Waals surface area contributed by atoms with Crippen LogP contribution in [0.2, 0.25) is 0 Å². The van der Waals surface area contributed by atoms with Gasteiger partial charge in [0.05, 0.1) is 11.8 Å². The number of rotatable bonds is 3. The van der Waals surface area contributed by atoms with Gasteiger partial charge in [-0.15, -0.1) is 0 Å². The van der Waals surface area contributed by atoms with E-state index in [9.17, 15) is 9.18 Å². The van der Waals surface area contributed by atoms with Crippen molar-refractivity contribution in [1.82, 2.24) is 9.88 Å². The molecule has 0 bridgehead atoms. The Morgan fingerprint density at radius 3 is 2.83 bits per heavy atom. The van der Waals surface area contributed by atoms with Crippen molar-refractivity contribution >= 4 is 11.7 Å². The molecule has 4 nitrogen and oxygen atoms in total. The van der Waals surface area contributed by atoms with E-state index in [4.69, 9.17) is 5.73 Å². The molecule has 0 unspecified atom stereocenters. The molecule has 1 aliphatic rings. The monoisotopic (exact) mass is 251 g/mol. The minimum absolute atomic E-state index is 0.0952. The number of nitrogens with two attached hydrogens (primary N) is 1. The van der Waals surface area contributed by atoms with E-state index in [1.807, 2.05) is 6.92 Å². The zero-order valence-electron chi connectivity index (χ0n) is 10.5. The number of anilines is 1. The van der Waals surface area contributed by atoms with E-state index < -0.39 is 5.82 Å². The standard InChI is InChI=1S/C13H18FN3O/c1-2-17(10-5-3-4-6-10)13(18)11-7-9(14)8-16-12(11)15/h7-8,10H,2-6H2,1H3,(H2,15,16). The van der Waals surface area contributed by atoms with Crippen LogP contribution < -0.4 is 5.73 Å². The van der Waals surface area contributed by atoms with Crippen LogP contribution in [0.4, 0.5) is 10.2 Å². The molecule has 1 heterocycles. The van der Waals surface area contributed by atoms with Gasteiger partial charge in [0, 0.05) is 12.6 Å². The van der Waals surface area contributed by atoms with Gasteiger partial charge in [0.2, 0.25) is 0 Å². The summed E-state index contributed by atoms with van der Waals surface area (Å²) in [5.41, 5.74) is 5.83. The minimum Gasteiger partial charge on any atom is -0.383 e. The molecule has 1 aromatic heterocycles. The van der Waals surface area contributed by atoms with Gasteiger partial charge in [-0.1, -0.05) is 12.8 Å². The number of hydrogen-bond acceptors (Lipinski definition) is 3. The van der Waals surface area contributed by atoms with Crippen molar-refractivity contribution in [2.75, 3.05) is 12.3 Å².